The smallest absolute Gasteiger partial charge is 0.260 e. The van der Waals surface area contributed by atoms with Gasteiger partial charge >= 0.3 is 0 Å². The number of hydrogen-bond acceptors (Lipinski definition) is 3. The standard InChI is InChI=1S/C11H15N3O2/c1-7-2-3-9(10(15)13-7)11(16)14-5-4-8(12)6-14/h2-3,8H,4-6,12H2,1H3,(H,13,15)/t8-/m0/s1. The number of nitrogens with one attached hydrogen (secondary N) is 1. The van der Waals surface area contributed by atoms with Crippen molar-refractivity contribution in [3.8, 4) is 0 Å². The van der Waals surface area contributed by atoms with Gasteiger partial charge in [0.15, 0.2) is 0 Å². The lowest BCUT2D eigenvalue weighted by atomic mass is 10.2. The van der Waals surface area contributed by atoms with Gasteiger partial charge < -0.3 is 15.6 Å². The minimum Gasteiger partial charge on any atom is -0.337 e. The normalized spacial score (nSPS) is 20.1. The Morgan fingerprint density at radius 2 is 2.31 bits per heavy atom. The summed E-state index contributed by atoms with van der Waals surface area (Å²) in [5.41, 5.74) is 6.34. The fraction of sp³-hybridized carbons (Fsp3) is 0.455. The average Bonchev–Trinajstić information content (AvgIpc) is 2.64. The Kier molecular flexibility index (Phi) is 2.78. The summed E-state index contributed by atoms with van der Waals surface area (Å²) in [6.45, 7) is 2.95. The van der Waals surface area contributed by atoms with Gasteiger partial charge in [-0.15, -0.1) is 0 Å². The molecule has 5 heteroatoms. The van der Waals surface area contributed by atoms with Crippen LogP contribution in [0.1, 0.15) is 22.5 Å². The van der Waals surface area contributed by atoms with Gasteiger partial charge in [0, 0.05) is 24.8 Å². The van der Waals surface area contributed by atoms with Crippen molar-refractivity contribution < 1.29 is 4.79 Å². The number of pyridine rings is 1. The van der Waals surface area contributed by atoms with E-state index in [1.165, 1.54) is 0 Å². The SMILES string of the molecule is Cc1ccc(C(=O)N2CC[C@H](N)C2)c(=O)[nH]1. The third-order valence-electron chi connectivity index (χ3n) is 2.80. The molecule has 1 aromatic rings. The van der Waals surface area contributed by atoms with Gasteiger partial charge in [0.05, 0.1) is 0 Å². The van der Waals surface area contributed by atoms with Crippen LogP contribution in [0.4, 0.5) is 0 Å². The number of amides is 1. The van der Waals surface area contributed by atoms with E-state index in [1.807, 2.05) is 0 Å². The largest absolute Gasteiger partial charge is 0.337 e. The molecule has 1 atom stereocenters. The maximum absolute atomic E-state index is 12.0. The van der Waals surface area contributed by atoms with Crippen molar-refractivity contribution in [2.75, 3.05) is 13.1 Å². The number of rotatable bonds is 1. The third kappa shape index (κ3) is 1.99. The van der Waals surface area contributed by atoms with Crippen molar-refractivity contribution in [2.45, 2.75) is 19.4 Å². The number of aromatic amines is 1. The Bertz CT molecular complexity index is 467. The Morgan fingerprint density at radius 1 is 1.56 bits per heavy atom. The van der Waals surface area contributed by atoms with Gasteiger partial charge in [-0.1, -0.05) is 0 Å². The highest BCUT2D eigenvalue weighted by molar-refractivity contribution is 5.94. The highest BCUT2D eigenvalue weighted by Gasteiger charge is 2.25. The Hall–Kier alpha value is -1.62. The summed E-state index contributed by atoms with van der Waals surface area (Å²) in [4.78, 5) is 27.8. The molecule has 1 aliphatic rings. The summed E-state index contributed by atoms with van der Waals surface area (Å²) < 4.78 is 0. The zero-order chi connectivity index (χ0) is 11.7. The maximum atomic E-state index is 12.0. The molecule has 0 aliphatic carbocycles. The molecule has 16 heavy (non-hydrogen) atoms. The van der Waals surface area contributed by atoms with E-state index in [1.54, 1.807) is 24.0 Å². The first-order valence-electron chi connectivity index (χ1n) is 5.32. The van der Waals surface area contributed by atoms with Crippen LogP contribution in [0.3, 0.4) is 0 Å². The maximum Gasteiger partial charge on any atom is 0.260 e. The molecule has 1 fully saturated rings. The Labute approximate surface area is 93.3 Å². The molecule has 0 radical (unpaired) electrons. The molecule has 3 N–H and O–H groups in total. The fourth-order valence-corrected chi connectivity index (χ4v) is 1.88. The van der Waals surface area contributed by atoms with Gasteiger partial charge in [-0.05, 0) is 25.5 Å². The highest BCUT2D eigenvalue weighted by Crippen LogP contribution is 2.10. The summed E-state index contributed by atoms with van der Waals surface area (Å²) in [6, 6.07) is 3.33. The average molecular weight is 221 g/mol. The van der Waals surface area contributed by atoms with Crippen LogP contribution in [0.2, 0.25) is 0 Å². The molecule has 0 spiro atoms. The molecule has 0 unspecified atom stereocenters. The van der Waals surface area contributed by atoms with Crippen LogP contribution in [0.15, 0.2) is 16.9 Å². The summed E-state index contributed by atoms with van der Waals surface area (Å²) in [6.07, 6.45) is 0.801. The van der Waals surface area contributed by atoms with Crippen molar-refractivity contribution in [3.05, 3.63) is 33.7 Å². The molecule has 1 saturated heterocycles. The quantitative estimate of drug-likeness (QED) is 0.692. The van der Waals surface area contributed by atoms with Crippen LogP contribution >= 0.6 is 0 Å². The number of nitrogens with two attached hydrogens (primary N) is 1. The number of hydrogen-bond donors (Lipinski definition) is 2. The number of aryl methyl sites for hydroxylation is 1. The van der Waals surface area contributed by atoms with Gasteiger partial charge in [-0.25, -0.2) is 0 Å². The number of nitrogens with zero attached hydrogens (tertiary/aromatic N) is 1. The first-order chi connectivity index (χ1) is 7.58. The summed E-state index contributed by atoms with van der Waals surface area (Å²) in [5, 5.41) is 0. The number of carbonyl (C=O) groups excluding carboxylic acids is 1. The second-order valence-corrected chi connectivity index (χ2v) is 4.18. The molecule has 1 amide bonds. The summed E-state index contributed by atoms with van der Waals surface area (Å²) in [5.74, 6) is -0.228. The van der Waals surface area contributed by atoms with E-state index in [0.717, 1.165) is 12.1 Å². The van der Waals surface area contributed by atoms with E-state index in [0.29, 0.717) is 13.1 Å². The fourth-order valence-electron chi connectivity index (χ4n) is 1.88. The first-order valence-corrected chi connectivity index (χ1v) is 5.32. The predicted molar refractivity (Wildman–Crippen MR) is 60.3 cm³/mol. The Morgan fingerprint density at radius 3 is 2.88 bits per heavy atom. The van der Waals surface area contributed by atoms with Crippen LogP contribution < -0.4 is 11.3 Å². The van der Waals surface area contributed by atoms with Crippen LogP contribution in [-0.4, -0.2) is 34.9 Å². The molecule has 2 heterocycles. The minimum atomic E-state index is -0.328. The van der Waals surface area contributed by atoms with Crippen molar-refractivity contribution in [1.82, 2.24) is 9.88 Å². The van der Waals surface area contributed by atoms with Gasteiger partial charge in [0.25, 0.3) is 11.5 Å². The molecule has 0 bridgehead atoms. The van der Waals surface area contributed by atoms with E-state index in [-0.39, 0.29) is 23.1 Å². The van der Waals surface area contributed by atoms with Crippen LogP contribution in [-0.2, 0) is 0 Å². The monoisotopic (exact) mass is 221 g/mol. The molecular weight excluding hydrogens is 206 g/mol. The van der Waals surface area contributed by atoms with Gasteiger partial charge in [0.1, 0.15) is 5.56 Å². The Balaban J connectivity index is 2.24. The lowest BCUT2D eigenvalue weighted by Gasteiger charge is -2.15. The van der Waals surface area contributed by atoms with Crippen LogP contribution in [0.5, 0.6) is 0 Å². The van der Waals surface area contributed by atoms with Gasteiger partial charge in [-0.3, -0.25) is 9.59 Å². The number of H-pyrrole nitrogens is 1. The topological polar surface area (TPSA) is 79.2 Å². The summed E-state index contributed by atoms with van der Waals surface area (Å²) in [7, 11) is 0. The van der Waals surface area contributed by atoms with E-state index >= 15 is 0 Å². The molecule has 86 valence electrons. The molecule has 2 rings (SSSR count). The van der Waals surface area contributed by atoms with E-state index in [4.69, 9.17) is 5.73 Å². The molecule has 1 aromatic heterocycles. The third-order valence-corrected chi connectivity index (χ3v) is 2.80. The number of carbonyl (C=O) groups is 1. The van der Waals surface area contributed by atoms with Gasteiger partial charge in [-0.2, -0.15) is 0 Å². The highest BCUT2D eigenvalue weighted by atomic mass is 16.2. The van der Waals surface area contributed by atoms with Crippen LogP contribution in [0, 0.1) is 6.92 Å². The number of aromatic nitrogens is 1. The second-order valence-electron chi connectivity index (χ2n) is 4.18. The lowest BCUT2D eigenvalue weighted by molar-refractivity contribution is 0.0789. The van der Waals surface area contributed by atoms with Crippen molar-refractivity contribution in [3.63, 3.8) is 0 Å². The van der Waals surface area contributed by atoms with Gasteiger partial charge in [0.2, 0.25) is 0 Å². The molecule has 5 nitrogen and oxygen atoms in total. The molecular formula is C11H15N3O2. The zero-order valence-electron chi connectivity index (χ0n) is 9.19. The molecule has 1 aliphatic heterocycles. The zero-order valence-corrected chi connectivity index (χ0v) is 9.19. The number of likely N-dealkylation sites (tertiary alicyclic amines) is 1. The van der Waals surface area contributed by atoms with E-state index in [2.05, 4.69) is 4.98 Å². The lowest BCUT2D eigenvalue weighted by Crippen LogP contribution is -2.35. The minimum absolute atomic E-state index is 0.0356. The first kappa shape index (κ1) is 10.9. The van der Waals surface area contributed by atoms with Crippen molar-refractivity contribution in [2.24, 2.45) is 5.73 Å². The van der Waals surface area contributed by atoms with Crippen LogP contribution in [0.25, 0.3) is 0 Å². The predicted octanol–water partition coefficient (Wildman–Crippen LogP) is -0.143. The summed E-state index contributed by atoms with van der Waals surface area (Å²) >= 11 is 0. The van der Waals surface area contributed by atoms with E-state index in [9.17, 15) is 9.59 Å². The molecule has 0 aromatic carbocycles. The second kappa shape index (κ2) is 4.09. The van der Waals surface area contributed by atoms with Crippen molar-refractivity contribution in [1.29, 1.82) is 0 Å². The molecule has 0 saturated carbocycles. The van der Waals surface area contributed by atoms with E-state index < -0.39 is 0 Å². The van der Waals surface area contributed by atoms with Crippen molar-refractivity contribution >= 4 is 5.91 Å².